The lowest BCUT2D eigenvalue weighted by Crippen LogP contribution is -2.44. The van der Waals surface area contributed by atoms with Gasteiger partial charge in [0.15, 0.2) is 29.7 Å². The van der Waals surface area contributed by atoms with Crippen LogP contribution >= 0.6 is 22.6 Å². The number of carbonyl (C=O) groups excluding carboxylic acids is 3. The standard InChI is InChI=1S/C38H47IN2O5/c1-9-13-41-27-17-37(5,6)19-29(42)34(27)33(35-28(41)18-38(7,8)20-30(35)43)24-15-25(39)36(31(16-24)45-10-2)46-21-32(44)40-26-14-22(3)11-12-23(26)4/h11-12,14-16,33H,9-10,13,17-21H2,1-8H3,(H,40,44). The second-order valence-electron chi connectivity index (χ2n) is 14.6. The first-order valence-electron chi connectivity index (χ1n) is 16.4. The minimum Gasteiger partial charge on any atom is -0.490 e. The third-order valence-electron chi connectivity index (χ3n) is 9.15. The maximum atomic E-state index is 14.1. The zero-order valence-electron chi connectivity index (χ0n) is 28.5. The van der Waals surface area contributed by atoms with Crippen molar-refractivity contribution in [2.45, 2.75) is 93.4 Å². The maximum absolute atomic E-state index is 14.1. The summed E-state index contributed by atoms with van der Waals surface area (Å²) >= 11 is 2.21. The van der Waals surface area contributed by atoms with Crippen LogP contribution in [0, 0.1) is 28.2 Å². The Hall–Kier alpha value is -3.14. The van der Waals surface area contributed by atoms with E-state index in [9.17, 15) is 14.4 Å². The van der Waals surface area contributed by atoms with Gasteiger partial charge in [0, 0.05) is 53.5 Å². The van der Waals surface area contributed by atoms with Gasteiger partial charge in [-0.2, -0.15) is 0 Å². The van der Waals surface area contributed by atoms with Crippen molar-refractivity contribution in [2.24, 2.45) is 10.8 Å². The molecule has 0 radical (unpaired) electrons. The van der Waals surface area contributed by atoms with E-state index in [2.05, 4.69) is 67.4 Å². The molecule has 246 valence electrons. The van der Waals surface area contributed by atoms with E-state index in [1.165, 1.54) is 0 Å². The first-order chi connectivity index (χ1) is 21.6. The van der Waals surface area contributed by atoms with Crippen molar-refractivity contribution >= 4 is 45.8 Å². The van der Waals surface area contributed by atoms with E-state index in [1.807, 2.05) is 51.1 Å². The number of Topliss-reactive ketones (excluding diaryl/α,β-unsaturated/α-hetero) is 2. The maximum Gasteiger partial charge on any atom is 0.262 e. The summed E-state index contributed by atoms with van der Waals surface area (Å²) in [4.78, 5) is 43.5. The Kier molecular flexibility index (Phi) is 9.79. The molecule has 0 atom stereocenters. The summed E-state index contributed by atoms with van der Waals surface area (Å²) in [5.41, 5.74) is 6.92. The van der Waals surface area contributed by atoms with E-state index in [0.717, 1.165) is 74.3 Å². The number of hydrogen-bond acceptors (Lipinski definition) is 6. The normalized spacial score (nSPS) is 19.2. The molecule has 8 heteroatoms. The average Bonchev–Trinajstić information content (AvgIpc) is 2.94. The highest BCUT2D eigenvalue weighted by Crippen LogP contribution is 2.55. The van der Waals surface area contributed by atoms with Crippen LogP contribution in [0.4, 0.5) is 5.69 Å². The van der Waals surface area contributed by atoms with Crippen molar-refractivity contribution in [3.63, 3.8) is 0 Å². The molecule has 0 saturated carbocycles. The molecule has 0 aromatic heterocycles. The zero-order chi connectivity index (χ0) is 33.6. The number of anilines is 1. The number of amides is 1. The second-order valence-corrected chi connectivity index (χ2v) is 15.8. The van der Waals surface area contributed by atoms with Gasteiger partial charge < -0.3 is 19.7 Å². The van der Waals surface area contributed by atoms with Gasteiger partial charge in [0.25, 0.3) is 5.91 Å². The number of ether oxygens (including phenoxy) is 2. The van der Waals surface area contributed by atoms with Gasteiger partial charge in [0.1, 0.15) is 0 Å². The number of hydrogen-bond donors (Lipinski definition) is 1. The van der Waals surface area contributed by atoms with E-state index >= 15 is 0 Å². The predicted molar refractivity (Wildman–Crippen MR) is 190 cm³/mol. The Morgan fingerprint density at radius 3 is 2.09 bits per heavy atom. The van der Waals surface area contributed by atoms with E-state index in [4.69, 9.17) is 9.47 Å². The number of carbonyl (C=O) groups is 3. The van der Waals surface area contributed by atoms with Crippen LogP contribution in [0.1, 0.15) is 96.3 Å². The number of rotatable bonds is 9. The summed E-state index contributed by atoms with van der Waals surface area (Å²) in [6.07, 6.45) is 3.36. The van der Waals surface area contributed by atoms with E-state index < -0.39 is 5.92 Å². The minimum absolute atomic E-state index is 0.109. The van der Waals surface area contributed by atoms with Gasteiger partial charge in [-0.3, -0.25) is 14.4 Å². The highest BCUT2D eigenvalue weighted by atomic mass is 127. The number of halogens is 1. The molecule has 0 unspecified atom stereocenters. The molecule has 1 aliphatic heterocycles. The largest absolute Gasteiger partial charge is 0.490 e. The molecule has 1 amide bonds. The first-order valence-corrected chi connectivity index (χ1v) is 17.5. The Morgan fingerprint density at radius 2 is 1.52 bits per heavy atom. The van der Waals surface area contributed by atoms with Crippen molar-refractivity contribution < 1.29 is 23.9 Å². The summed E-state index contributed by atoms with van der Waals surface area (Å²) in [7, 11) is 0. The summed E-state index contributed by atoms with van der Waals surface area (Å²) < 4.78 is 13.0. The van der Waals surface area contributed by atoms with Crippen molar-refractivity contribution in [3.05, 3.63) is 73.1 Å². The molecule has 0 spiro atoms. The number of allylic oxidation sites excluding steroid dienone is 4. The zero-order valence-corrected chi connectivity index (χ0v) is 30.6. The van der Waals surface area contributed by atoms with Gasteiger partial charge in [0.2, 0.25) is 0 Å². The lowest BCUT2D eigenvalue weighted by atomic mass is 9.63. The molecule has 2 aromatic carbocycles. The third-order valence-corrected chi connectivity index (χ3v) is 9.95. The quantitative estimate of drug-likeness (QED) is 0.260. The molecule has 5 rings (SSSR count). The van der Waals surface area contributed by atoms with Gasteiger partial charge >= 0.3 is 0 Å². The molecular weight excluding hydrogens is 691 g/mol. The first kappa shape index (κ1) is 34.2. The number of ketones is 2. The molecule has 7 nitrogen and oxygen atoms in total. The highest BCUT2D eigenvalue weighted by Gasteiger charge is 2.49. The number of nitrogens with one attached hydrogen (secondary N) is 1. The second kappa shape index (κ2) is 13.2. The van der Waals surface area contributed by atoms with Crippen LogP contribution in [-0.4, -0.2) is 42.1 Å². The lowest BCUT2D eigenvalue weighted by molar-refractivity contribution is -0.120. The van der Waals surface area contributed by atoms with Crippen molar-refractivity contribution in [2.75, 3.05) is 25.1 Å². The van der Waals surface area contributed by atoms with Gasteiger partial charge in [-0.15, -0.1) is 0 Å². The lowest BCUT2D eigenvalue weighted by Gasteiger charge is -2.49. The van der Waals surface area contributed by atoms with Crippen molar-refractivity contribution in [1.29, 1.82) is 0 Å². The molecule has 0 bridgehead atoms. The van der Waals surface area contributed by atoms with Crippen LogP contribution in [-0.2, 0) is 14.4 Å². The molecule has 2 aromatic rings. The van der Waals surface area contributed by atoms with Crippen LogP contribution in [0.15, 0.2) is 52.9 Å². The Balaban J connectivity index is 1.57. The summed E-state index contributed by atoms with van der Waals surface area (Å²) in [5, 5.41) is 2.96. The Labute approximate surface area is 287 Å². The third kappa shape index (κ3) is 6.92. The SMILES string of the molecule is CCCN1C2=C(C(=O)CC(C)(C)C2)C(c2cc(I)c(OCC(=O)Nc3cc(C)ccc3C)c(OCC)c2)C2=C1CC(C)(C)CC2=O. The Bertz CT molecular complexity index is 1600. The van der Waals surface area contributed by atoms with Crippen molar-refractivity contribution in [3.8, 4) is 11.5 Å². The fourth-order valence-electron chi connectivity index (χ4n) is 7.23. The van der Waals surface area contributed by atoms with E-state index in [1.54, 1.807) is 0 Å². The van der Waals surface area contributed by atoms with Crippen LogP contribution < -0.4 is 14.8 Å². The van der Waals surface area contributed by atoms with Gasteiger partial charge in [-0.25, -0.2) is 0 Å². The fraction of sp³-hybridized carbons (Fsp3) is 0.500. The van der Waals surface area contributed by atoms with Crippen LogP contribution in [0.5, 0.6) is 11.5 Å². The molecular formula is C38H47IN2O5. The summed E-state index contributed by atoms with van der Waals surface area (Å²) in [6, 6.07) is 9.84. The molecule has 3 aliphatic rings. The summed E-state index contributed by atoms with van der Waals surface area (Å²) in [5.74, 6) is 0.447. The van der Waals surface area contributed by atoms with E-state index in [0.29, 0.717) is 30.9 Å². The van der Waals surface area contributed by atoms with Crippen LogP contribution in [0.3, 0.4) is 0 Å². The van der Waals surface area contributed by atoms with Crippen molar-refractivity contribution in [1.82, 2.24) is 4.90 Å². The Morgan fingerprint density at radius 1 is 0.913 bits per heavy atom. The molecule has 0 saturated heterocycles. The molecule has 2 aliphatic carbocycles. The smallest absolute Gasteiger partial charge is 0.262 e. The van der Waals surface area contributed by atoms with Crippen LogP contribution in [0.25, 0.3) is 0 Å². The monoisotopic (exact) mass is 738 g/mol. The van der Waals surface area contributed by atoms with Gasteiger partial charge in [0.05, 0.1) is 10.2 Å². The highest BCUT2D eigenvalue weighted by molar-refractivity contribution is 14.1. The molecule has 1 N–H and O–H groups in total. The van der Waals surface area contributed by atoms with Gasteiger partial charge in [-0.1, -0.05) is 46.8 Å². The molecule has 0 fully saturated rings. The number of benzene rings is 2. The summed E-state index contributed by atoms with van der Waals surface area (Å²) in [6.45, 7) is 17.6. The molecule has 46 heavy (non-hydrogen) atoms. The average molecular weight is 739 g/mol. The van der Waals surface area contributed by atoms with Gasteiger partial charge in [-0.05, 0) is 108 Å². The minimum atomic E-state index is -0.473. The van der Waals surface area contributed by atoms with E-state index in [-0.39, 0.29) is 34.9 Å². The number of aryl methyl sites for hydroxylation is 2. The topological polar surface area (TPSA) is 84.9 Å². The molecule has 1 heterocycles. The van der Waals surface area contributed by atoms with Crippen LogP contribution in [0.2, 0.25) is 0 Å². The predicted octanol–water partition coefficient (Wildman–Crippen LogP) is 8.42. The number of nitrogens with zero attached hydrogens (tertiary/aromatic N) is 1. The fourth-order valence-corrected chi connectivity index (χ4v) is 8.01.